The highest BCUT2D eigenvalue weighted by Gasteiger charge is 2.28. The first kappa shape index (κ1) is 24.4. The molecular weight excluding hydrogens is 464 g/mol. The summed E-state index contributed by atoms with van der Waals surface area (Å²) in [7, 11) is 0. The van der Waals surface area contributed by atoms with Crippen molar-refractivity contribution in [3.63, 3.8) is 0 Å². The fourth-order valence-electron chi connectivity index (χ4n) is 4.21. The third kappa shape index (κ3) is 5.69. The van der Waals surface area contributed by atoms with Gasteiger partial charge in [0, 0.05) is 41.8 Å². The lowest BCUT2D eigenvalue weighted by molar-refractivity contribution is -0.116. The molecule has 10 heteroatoms. The van der Waals surface area contributed by atoms with Crippen LogP contribution in [-0.2, 0) is 29.0 Å². The van der Waals surface area contributed by atoms with E-state index >= 15 is 0 Å². The number of carbonyl (C=O) groups excluding carboxylic acids is 2. The Balaban J connectivity index is 1.35. The van der Waals surface area contributed by atoms with Crippen LogP contribution in [0.2, 0.25) is 0 Å². The van der Waals surface area contributed by atoms with Gasteiger partial charge in [-0.15, -0.1) is 11.3 Å². The molecule has 3 aromatic rings. The third-order valence-electron chi connectivity index (χ3n) is 6.02. The quantitative estimate of drug-likeness (QED) is 0.530. The van der Waals surface area contributed by atoms with Crippen LogP contribution in [0.3, 0.4) is 0 Å². The van der Waals surface area contributed by atoms with Gasteiger partial charge in [-0.1, -0.05) is 13.0 Å². The number of imidazole rings is 1. The number of thiophene rings is 1. The number of hydrogen-bond acceptors (Lipinski definition) is 7. The average molecular weight is 493 g/mol. The summed E-state index contributed by atoms with van der Waals surface area (Å²) in [6.45, 7) is 7.41. The minimum Gasteiger partial charge on any atom is -0.448 e. The summed E-state index contributed by atoms with van der Waals surface area (Å²) in [5, 5.41) is 13.2. The second-order valence-electron chi connectivity index (χ2n) is 8.64. The van der Waals surface area contributed by atoms with Crippen LogP contribution < -0.4 is 5.32 Å². The van der Waals surface area contributed by atoms with Crippen LogP contribution >= 0.6 is 11.3 Å². The van der Waals surface area contributed by atoms with Crippen molar-refractivity contribution in [2.75, 3.05) is 18.5 Å². The van der Waals surface area contributed by atoms with Crippen LogP contribution in [0.4, 0.5) is 9.80 Å². The summed E-state index contributed by atoms with van der Waals surface area (Å²) < 4.78 is 7.44. The Labute approximate surface area is 208 Å². The molecule has 1 aliphatic heterocycles. The zero-order valence-corrected chi connectivity index (χ0v) is 20.9. The van der Waals surface area contributed by atoms with E-state index in [1.165, 1.54) is 11.3 Å². The fourth-order valence-corrected chi connectivity index (χ4v) is 5.44. The smallest absolute Gasteiger partial charge is 0.410 e. The first-order chi connectivity index (χ1) is 16.9. The minimum atomic E-state index is -0.383. The molecule has 0 saturated carbocycles. The van der Waals surface area contributed by atoms with Gasteiger partial charge >= 0.3 is 6.09 Å². The summed E-state index contributed by atoms with van der Waals surface area (Å²) in [6, 6.07) is 7.87. The maximum atomic E-state index is 12.7. The number of aromatic nitrogens is 3. The number of rotatable bonds is 7. The van der Waals surface area contributed by atoms with Gasteiger partial charge < -0.3 is 19.5 Å². The Morgan fingerprint density at radius 2 is 2.17 bits per heavy atom. The van der Waals surface area contributed by atoms with E-state index in [9.17, 15) is 14.9 Å². The molecule has 0 aromatic carbocycles. The average Bonchev–Trinajstić information content (AvgIpc) is 3.36. The van der Waals surface area contributed by atoms with Gasteiger partial charge in [-0.3, -0.25) is 9.78 Å². The molecule has 1 atom stereocenters. The molecule has 0 saturated heterocycles. The van der Waals surface area contributed by atoms with Crippen molar-refractivity contribution in [3.8, 4) is 6.07 Å². The summed E-state index contributed by atoms with van der Waals surface area (Å²) in [6.07, 6.45) is 4.06. The monoisotopic (exact) mass is 492 g/mol. The van der Waals surface area contributed by atoms with Crippen molar-refractivity contribution < 1.29 is 14.3 Å². The lowest BCUT2D eigenvalue weighted by Gasteiger charge is -2.26. The molecule has 0 spiro atoms. The molecule has 1 aliphatic rings. The van der Waals surface area contributed by atoms with Crippen molar-refractivity contribution in [2.24, 2.45) is 0 Å². The Morgan fingerprint density at radius 1 is 1.34 bits per heavy atom. The van der Waals surface area contributed by atoms with Crippen LogP contribution in [0.25, 0.3) is 0 Å². The normalized spacial score (nSPS) is 13.6. The van der Waals surface area contributed by atoms with Crippen LogP contribution in [0.5, 0.6) is 0 Å². The molecule has 0 aliphatic carbocycles. The van der Waals surface area contributed by atoms with Crippen molar-refractivity contribution in [2.45, 2.75) is 52.6 Å². The van der Waals surface area contributed by atoms with Crippen LogP contribution in [0.1, 0.15) is 52.5 Å². The molecule has 3 aromatic heterocycles. The number of nitriles is 1. The molecule has 9 nitrogen and oxygen atoms in total. The van der Waals surface area contributed by atoms with Gasteiger partial charge in [0.2, 0.25) is 5.91 Å². The fraction of sp³-hybridized carbons (Fsp3) is 0.400. The molecule has 0 radical (unpaired) electrons. The van der Waals surface area contributed by atoms with Gasteiger partial charge in [-0.05, 0) is 38.0 Å². The number of carbonyl (C=O) groups is 2. The van der Waals surface area contributed by atoms with E-state index in [0.29, 0.717) is 36.6 Å². The number of ether oxygens (including phenoxy) is 1. The highest BCUT2D eigenvalue weighted by atomic mass is 32.1. The molecule has 2 amide bonds. The topological polar surface area (TPSA) is 113 Å². The zero-order valence-electron chi connectivity index (χ0n) is 20.1. The summed E-state index contributed by atoms with van der Waals surface area (Å²) in [5.74, 6) is 0.670. The number of pyridine rings is 1. The number of nitrogens with one attached hydrogen (secondary N) is 1. The number of aryl methyl sites for hydroxylation is 2. The molecule has 0 fully saturated rings. The first-order valence-electron chi connectivity index (χ1n) is 11.5. The molecular formula is C25H28N6O3S. The third-order valence-corrected chi connectivity index (χ3v) is 7.15. The van der Waals surface area contributed by atoms with Crippen LogP contribution in [-0.4, -0.2) is 44.6 Å². The number of fused-ring (bicyclic) bond motifs is 1. The molecule has 0 bridgehead atoms. The minimum absolute atomic E-state index is 0.0448. The van der Waals surface area contributed by atoms with Gasteiger partial charge in [0.1, 0.15) is 23.5 Å². The van der Waals surface area contributed by atoms with Crippen molar-refractivity contribution >= 4 is 28.3 Å². The molecule has 0 unspecified atom stereocenters. The summed E-state index contributed by atoms with van der Waals surface area (Å²) >= 11 is 1.35. The van der Waals surface area contributed by atoms with E-state index in [1.54, 1.807) is 11.1 Å². The van der Waals surface area contributed by atoms with E-state index in [1.807, 2.05) is 49.7 Å². The molecule has 4 heterocycles. The predicted octanol–water partition coefficient (Wildman–Crippen LogP) is 4.16. The Kier molecular flexibility index (Phi) is 7.46. The van der Waals surface area contributed by atoms with E-state index in [2.05, 4.69) is 21.4 Å². The molecule has 4 rings (SSSR count). The van der Waals surface area contributed by atoms with Gasteiger partial charge in [-0.25, -0.2) is 9.78 Å². The van der Waals surface area contributed by atoms with E-state index < -0.39 is 0 Å². The highest BCUT2D eigenvalue weighted by molar-refractivity contribution is 7.16. The largest absolute Gasteiger partial charge is 0.448 e. The summed E-state index contributed by atoms with van der Waals surface area (Å²) in [4.78, 5) is 36.5. The zero-order chi connectivity index (χ0) is 24.9. The van der Waals surface area contributed by atoms with Gasteiger partial charge in [0.25, 0.3) is 0 Å². The highest BCUT2D eigenvalue weighted by Crippen LogP contribution is 2.37. The number of hydrogen-bond donors (Lipinski definition) is 1. The number of nitrogens with zero attached hydrogens (tertiary/aromatic N) is 5. The Hall–Kier alpha value is -3.71. The maximum absolute atomic E-state index is 12.7. The maximum Gasteiger partial charge on any atom is 0.410 e. The van der Waals surface area contributed by atoms with Crippen molar-refractivity contribution in [1.82, 2.24) is 19.4 Å². The second kappa shape index (κ2) is 10.7. The first-order valence-corrected chi connectivity index (χ1v) is 12.3. The van der Waals surface area contributed by atoms with Gasteiger partial charge in [-0.2, -0.15) is 5.26 Å². The standard InChI is InChI=1S/C25H28N6O3S/c1-16(21-6-4-5-8-27-21)12-23(32)29-24-20(13-26)19-7-9-31(15-22(19)35-24)25(33)34-11-10-30-14-17(2)28-18(30)3/h4-6,8,14,16H,7,9-12,15H2,1-3H3,(H,29,32)/t16-/m0/s1. The van der Waals surface area contributed by atoms with E-state index in [4.69, 9.17) is 4.74 Å². The predicted molar refractivity (Wildman–Crippen MR) is 132 cm³/mol. The van der Waals surface area contributed by atoms with E-state index in [-0.39, 0.29) is 30.9 Å². The van der Waals surface area contributed by atoms with Gasteiger partial charge in [0.15, 0.2) is 0 Å². The molecule has 1 N–H and O–H groups in total. The number of amides is 2. The second-order valence-corrected chi connectivity index (χ2v) is 9.74. The SMILES string of the molecule is Cc1cn(CCOC(=O)N2CCc3c(sc(NC(=O)C[C@H](C)c4ccccn4)c3C#N)C2)c(C)n1. The van der Waals surface area contributed by atoms with Crippen molar-refractivity contribution in [1.29, 1.82) is 5.26 Å². The Morgan fingerprint density at radius 3 is 2.86 bits per heavy atom. The van der Waals surface area contributed by atoms with Gasteiger partial charge in [0.05, 0.1) is 24.3 Å². The molecule has 35 heavy (non-hydrogen) atoms. The van der Waals surface area contributed by atoms with Crippen molar-refractivity contribution in [3.05, 3.63) is 63.8 Å². The lowest BCUT2D eigenvalue weighted by atomic mass is 10.0. The number of anilines is 1. The Bertz CT molecular complexity index is 1260. The van der Waals surface area contributed by atoms with Crippen LogP contribution in [0, 0.1) is 25.2 Å². The lowest BCUT2D eigenvalue weighted by Crippen LogP contribution is -2.36. The van der Waals surface area contributed by atoms with Crippen LogP contribution in [0.15, 0.2) is 30.6 Å². The van der Waals surface area contributed by atoms with E-state index in [0.717, 1.165) is 27.7 Å². The summed E-state index contributed by atoms with van der Waals surface area (Å²) in [5.41, 5.74) is 3.17. The molecule has 182 valence electrons.